The van der Waals surface area contributed by atoms with Gasteiger partial charge in [-0.1, -0.05) is 26.7 Å². The number of ether oxygens (including phenoxy) is 1. The van der Waals surface area contributed by atoms with Gasteiger partial charge in [-0.25, -0.2) is 0 Å². The first-order valence-electron chi connectivity index (χ1n) is 6.58. The summed E-state index contributed by atoms with van der Waals surface area (Å²) in [7, 11) is 0. The van der Waals surface area contributed by atoms with Crippen LogP contribution in [0.15, 0.2) is 0 Å². The molecule has 1 rings (SSSR count). The first-order chi connectivity index (χ1) is 7.63. The number of hydrogen-bond donors (Lipinski definition) is 2. The molecular weight excluding hydrogens is 202 g/mol. The molecule has 0 aliphatic heterocycles. The van der Waals surface area contributed by atoms with Crippen molar-refractivity contribution in [2.24, 2.45) is 17.6 Å². The van der Waals surface area contributed by atoms with Crippen molar-refractivity contribution in [3.05, 3.63) is 0 Å². The van der Waals surface area contributed by atoms with E-state index in [2.05, 4.69) is 13.8 Å². The van der Waals surface area contributed by atoms with Gasteiger partial charge in [0.2, 0.25) is 0 Å². The molecular formula is C13H27NO2. The van der Waals surface area contributed by atoms with Gasteiger partial charge in [-0.2, -0.15) is 0 Å². The van der Waals surface area contributed by atoms with Crippen LogP contribution in [0.1, 0.15) is 46.0 Å². The van der Waals surface area contributed by atoms with Crippen LogP contribution in [0.3, 0.4) is 0 Å². The highest BCUT2D eigenvalue weighted by Crippen LogP contribution is 2.35. The molecule has 1 aliphatic rings. The van der Waals surface area contributed by atoms with Gasteiger partial charge in [-0.15, -0.1) is 0 Å². The van der Waals surface area contributed by atoms with Gasteiger partial charge in [0.05, 0.1) is 18.8 Å². The second-order valence-electron chi connectivity index (χ2n) is 5.39. The second-order valence-corrected chi connectivity index (χ2v) is 5.39. The van der Waals surface area contributed by atoms with Gasteiger partial charge in [0.15, 0.2) is 0 Å². The minimum Gasteiger partial charge on any atom is -0.394 e. The molecule has 0 radical (unpaired) electrons. The van der Waals surface area contributed by atoms with E-state index in [9.17, 15) is 0 Å². The van der Waals surface area contributed by atoms with Crippen molar-refractivity contribution < 1.29 is 9.84 Å². The van der Waals surface area contributed by atoms with Crippen LogP contribution in [0.2, 0.25) is 0 Å². The summed E-state index contributed by atoms with van der Waals surface area (Å²) >= 11 is 0. The standard InChI is InChI=1S/C13H27NO2/c1-11(2)12-4-3-6-13(10-14,7-5-12)16-9-8-15/h11-12,15H,3-10,14H2,1-2H3. The number of aliphatic hydroxyl groups is 1. The average Bonchev–Trinajstić information content (AvgIpc) is 2.49. The highest BCUT2D eigenvalue weighted by atomic mass is 16.5. The molecule has 3 N–H and O–H groups in total. The lowest BCUT2D eigenvalue weighted by atomic mass is 9.88. The van der Waals surface area contributed by atoms with E-state index in [1.54, 1.807) is 0 Å². The zero-order valence-corrected chi connectivity index (χ0v) is 10.7. The van der Waals surface area contributed by atoms with Crippen LogP contribution in [0.4, 0.5) is 0 Å². The van der Waals surface area contributed by atoms with Gasteiger partial charge in [0.25, 0.3) is 0 Å². The van der Waals surface area contributed by atoms with Gasteiger partial charge >= 0.3 is 0 Å². The zero-order chi connectivity index (χ0) is 12.0. The van der Waals surface area contributed by atoms with Crippen molar-refractivity contribution in [2.45, 2.75) is 51.6 Å². The van der Waals surface area contributed by atoms with Crippen molar-refractivity contribution in [1.82, 2.24) is 0 Å². The first kappa shape index (κ1) is 13.9. The Kier molecular flexibility index (Phi) is 5.73. The summed E-state index contributed by atoms with van der Waals surface area (Å²) in [5, 5.41) is 8.85. The normalized spacial score (nSPS) is 31.7. The molecule has 0 heterocycles. The Morgan fingerprint density at radius 2 is 2.12 bits per heavy atom. The molecule has 2 atom stereocenters. The lowest BCUT2D eigenvalue weighted by Gasteiger charge is -2.31. The fraction of sp³-hybridized carbons (Fsp3) is 1.00. The monoisotopic (exact) mass is 229 g/mol. The lowest BCUT2D eigenvalue weighted by Crippen LogP contribution is -2.41. The van der Waals surface area contributed by atoms with E-state index < -0.39 is 0 Å². The maximum absolute atomic E-state index is 8.85. The minimum atomic E-state index is -0.160. The van der Waals surface area contributed by atoms with Gasteiger partial charge in [-0.05, 0) is 31.1 Å². The van der Waals surface area contributed by atoms with Crippen molar-refractivity contribution in [2.75, 3.05) is 19.8 Å². The highest BCUT2D eigenvalue weighted by molar-refractivity contribution is 4.86. The molecule has 0 bridgehead atoms. The Hall–Kier alpha value is -0.120. The maximum Gasteiger partial charge on any atom is 0.0805 e. The third kappa shape index (κ3) is 3.72. The minimum absolute atomic E-state index is 0.0926. The molecule has 0 spiro atoms. The van der Waals surface area contributed by atoms with Crippen LogP contribution in [-0.2, 0) is 4.74 Å². The summed E-state index contributed by atoms with van der Waals surface area (Å²) in [6.45, 7) is 5.69. The van der Waals surface area contributed by atoms with Gasteiger partial charge in [0, 0.05) is 6.54 Å². The van der Waals surface area contributed by atoms with Crippen LogP contribution < -0.4 is 5.73 Å². The molecule has 1 aliphatic carbocycles. The predicted molar refractivity (Wildman–Crippen MR) is 66.2 cm³/mol. The molecule has 1 fully saturated rings. The van der Waals surface area contributed by atoms with Crippen molar-refractivity contribution >= 4 is 0 Å². The molecule has 0 aromatic rings. The van der Waals surface area contributed by atoms with Gasteiger partial charge in [-0.3, -0.25) is 0 Å². The molecule has 0 aromatic heterocycles. The largest absolute Gasteiger partial charge is 0.394 e. The Balaban J connectivity index is 2.53. The van der Waals surface area contributed by atoms with Gasteiger partial charge in [0.1, 0.15) is 0 Å². The number of rotatable bonds is 5. The third-order valence-electron chi connectivity index (χ3n) is 3.99. The molecule has 1 saturated carbocycles. The quantitative estimate of drug-likeness (QED) is 0.708. The van der Waals surface area contributed by atoms with E-state index in [1.165, 1.54) is 19.3 Å². The highest BCUT2D eigenvalue weighted by Gasteiger charge is 2.33. The van der Waals surface area contributed by atoms with E-state index in [-0.39, 0.29) is 12.2 Å². The molecule has 96 valence electrons. The fourth-order valence-electron chi connectivity index (χ4n) is 2.74. The summed E-state index contributed by atoms with van der Waals surface area (Å²) in [5.41, 5.74) is 5.70. The second kappa shape index (κ2) is 6.58. The van der Waals surface area contributed by atoms with E-state index in [0.717, 1.165) is 24.7 Å². The Bertz CT molecular complexity index is 196. The Morgan fingerprint density at radius 1 is 1.38 bits per heavy atom. The van der Waals surface area contributed by atoms with Crippen LogP contribution >= 0.6 is 0 Å². The van der Waals surface area contributed by atoms with E-state index in [1.807, 2.05) is 0 Å². The molecule has 2 unspecified atom stereocenters. The van der Waals surface area contributed by atoms with Crippen LogP contribution in [0.5, 0.6) is 0 Å². The molecule has 0 aromatic carbocycles. The van der Waals surface area contributed by atoms with Crippen molar-refractivity contribution in [1.29, 1.82) is 0 Å². The van der Waals surface area contributed by atoms with Crippen LogP contribution in [-0.4, -0.2) is 30.5 Å². The Labute approximate surface area is 99.4 Å². The predicted octanol–water partition coefficient (Wildman–Crippen LogP) is 1.93. The summed E-state index contributed by atoms with van der Waals surface area (Å²) in [6.07, 6.45) is 5.80. The number of nitrogens with two attached hydrogens (primary N) is 1. The van der Waals surface area contributed by atoms with Crippen LogP contribution in [0.25, 0.3) is 0 Å². The van der Waals surface area contributed by atoms with E-state index in [4.69, 9.17) is 15.6 Å². The van der Waals surface area contributed by atoms with Crippen LogP contribution in [0, 0.1) is 11.8 Å². The van der Waals surface area contributed by atoms with Crippen molar-refractivity contribution in [3.8, 4) is 0 Å². The van der Waals surface area contributed by atoms with E-state index in [0.29, 0.717) is 13.2 Å². The zero-order valence-electron chi connectivity index (χ0n) is 10.7. The summed E-state index contributed by atoms with van der Waals surface area (Å²) in [5.74, 6) is 1.57. The lowest BCUT2D eigenvalue weighted by molar-refractivity contribution is -0.0621. The molecule has 3 heteroatoms. The SMILES string of the molecule is CC(C)C1CCCC(CN)(OCCO)CC1. The summed E-state index contributed by atoms with van der Waals surface area (Å²) in [4.78, 5) is 0. The summed E-state index contributed by atoms with van der Waals surface area (Å²) < 4.78 is 5.80. The topological polar surface area (TPSA) is 55.5 Å². The fourth-order valence-corrected chi connectivity index (χ4v) is 2.74. The molecule has 3 nitrogen and oxygen atoms in total. The van der Waals surface area contributed by atoms with Gasteiger partial charge < -0.3 is 15.6 Å². The first-order valence-corrected chi connectivity index (χ1v) is 6.58. The average molecular weight is 229 g/mol. The molecule has 0 amide bonds. The molecule has 16 heavy (non-hydrogen) atoms. The molecule has 0 saturated heterocycles. The summed E-state index contributed by atoms with van der Waals surface area (Å²) in [6, 6.07) is 0. The van der Waals surface area contributed by atoms with Crippen molar-refractivity contribution in [3.63, 3.8) is 0 Å². The van der Waals surface area contributed by atoms with E-state index >= 15 is 0 Å². The Morgan fingerprint density at radius 3 is 2.69 bits per heavy atom. The smallest absolute Gasteiger partial charge is 0.0805 e. The third-order valence-corrected chi connectivity index (χ3v) is 3.99. The maximum atomic E-state index is 8.85. The number of aliphatic hydroxyl groups excluding tert-OH is 1. The number of hydrogen-bond acceptors (Lipinski definition) is 3.